The molecule has 0 aliphatic rings. The molecule has 0 aliphatic carbocycles. The molecule has 2 rings (SSSR count). The van der Waals surface area contributed by atoms with Crippen molar-refractivity contribution in [3.05, 3.63) is 58.1 Å². The van der Waals surface area contributed by atoms with Crippen LogP contribution in [0.4, 0.5) is 5.69 Å². The molecule has 0 fully saturated rings. The Hall–Kier alpha value is -1.52. The summed E-state index contributed by atoms with van der Waals surface area (Å²) in [6.07, 6.45) is 0. The lowest BCUT2D eigenvalue weighted by molar-refractivity contribution is 0.317. The Morgan fingerprint density at radius 2 is 1.90 bits per heavy atom. The summed E-state index contributed by atoms with van der Waals surface area (Å²) in [5.74, 6) is 0.800. The molecule has 2 aromatic rings. The molecule has 0 spiro atoms. The van der Waals surface area contributed by atoms with Crippen molar-refractivity contribution in [1.82, 2.24) is 4.90 Å². The fourth-order valence-electron chi connectivity index (χ4n) is 2.18. The second kappa shape index (κ2) is 6.77. The van der Waals surface area contributed by atoms with Gasteiger partial charge in [0.25, 0.3) is 0 Å². The Morgan fingerprint density at radius 1 is 1.15 bits per heavy atom. The summed E-state index contributed by atoms with van der Waals surface area (Å²) in [4.78, 5) is 2.24. The molecule has 0 bridgehead atoms. The summed E-state index contributed by atoms with van der Waals surface area (Å²) < 4.78 is 6.38. The number of anilines is 1. The molecule has 0 saturated carbocycles. The first-order valence-electron chi connectivity index (χ1n) is 6.44. The van der Waals surface area contributed by atoms with E-state index in [0.29, 0.717) is 0 Å². The van der Waals surface area contributed by atoms with Crippen LogP contribution in [0.3, 0.4) is 0 Å². The van der Waals surface area contributed by atoms with Crippen LogP contribution in [0.2, 0.25) is 0 Å². The Labute approximate surface area is 128 Å². The van der Waals surface area contributed by atoms with Gasteiger partial charge in [-0.25, -0.2) is 0 Å². The van der Waals surface area contributed by atoms with Gasteiger partial charge in [0.2, 0.25) is 0 Å². The van der Waals surface area contributed by atoms with Crippen LogP contribution < -0.4 is 10.5 Å². The average Bonchev–Trinajstić information content (AvgIpc) is 2.40. The third kappa shape index (κ3) is 3.99. The van der Waals surface area contributed by atoms with Gasteiger partial charge >= 0.3 is 0 Å². The zero-order valence-electron chi connectivity index (χ0n) is 11.8. The normalized spacial score (nSPS) is 10.8. The Morgan fingerprint density at radius 3 is 2.60 bits per heavy atom. The zero-order chi connectivity index (χ0) is 14.5. The number of hydrogen-bond acceptors (Lipinski definition) is 3. The third-order valence-corrected chi connectivity index (χ3v) is 3.85. The van der Waals surface area contributed by atoms with Gasteiger partial charge < -0.3 is 10.5 Å². The minimum Gasteiger partial charge on any atom is -0.497 e. The lowest BCUT2D eigenvalue weighted by atomic mass is 10.1. The van der Waals surface area contributed by atoms with Crippen molar-refractivity contribution in [2.45, 2.75) is 13.1 Å². The lowest BCUT2D eigenvalue weighted by Crippen LogP contribution is -2.17. The minimum absolute atomic E-state index is 0.730. The second-order valence-electron chi connectivity index (χ2n) is 4.88. The molecule has 20 heavy (non-hydrogen) atoms. The van der Waals surface area contributed by atoms with Gasteiger partial charge in [-0.15, -0.1) is 0 Å². The molecule has 4 heteroatoms. The maximum atomic E-state index is 5.88. The fourth-order valence-corrected chi connectivity index (χ4v) is 2.59. The number of halogens is 1. The topological polar surface area (TPSA) is 38.5 Å². The molecule has 0 unspecified atom stereocenters. The van der Waals surface area contributed by atoms with Crippen LogP contribution in [-0.2, 0) is 13.1 Å². The van der Waals surface area contributed by atoms with E-state index in [9.17, 15) is 0 Å². The van der Waals surface area contributed by atoms with E-state index in [-0.39, 0.29) is 0 Å². The van der Waals surface area contributed by atoms with Crippen molar-refractivity contribution in [1.29, 1.82) is 0 Å². The van der Waals surface area contributed by atoms with Gasteiger partial charge in [0.15, 0.2) is 0 Å². The number of rotatable bonds is 5. The van der Waals surface area contributed by atoms with Gasteiger partial charge in [0, 0.05) is 29.3 Å². The molecule has 0 atom stereocenters. The van der Waals surface area contributed by atoms with E-state index in [2.05, 4.69) is 46.1 Å². The summed E-state index contributed by atoms with van der Waals surface area (Å²) in [6.45, 7) is 1.70. The van der Waals surface area contributed by atoms with Crippen molar-refractivity contribution < 1.29 is 4.74 Å². The van der Waals surface area contributed by atoms with Crippen LogP contribution in [0.15, 0.2) is 46.9 Å². The quantitative estimate of drug-likeness (QED) is 0.848. The van der Waals surface area contributed by atoms with Gasteiger partial charge in [-0.1, -0.05) is 34.1 Å². The summed E-state index contributed by atoms with van der Waals surface area (Å²) in [7, 11) is 3.75. The lowest BCUT2D eigenvalue weighted by Gasteiger charge is -2.18. The first-order chi connectivity index (χ1) is 9.58. The molecule has 106 valence electrons. The third-order valence-electron chi connectivity index (χ3n) is 3.07. The Balaban J connectivity index is 2.06. The maximum Gasteiger partial charge on any atom is 0.121 e. The van der Waals surface area contributed by atoms with Gasteiger partial charge in [0.05, 0.1) is 7.11 Å². The monoisotopic (exact) mass is 334 g/mol. The number of nitrogen functional groups attached to an aromatic ring is 1. The van der Waals surface area contributed by atoms with E-state index in [0.717, 1.165) is 34.6 Å². The number of hydrogen-bond donors (Lipinski definition) is 1. The van der Waals surface area contributed by atoms with E-state index in [1.54, 1.807) is 7.11 Å². The number of benzene rings is 2. The van der Waals surface area contributed by atoms with Crippen LogP contribution in [0.1, 0.15) is 11.1 Å². The van der Waals surface area contributed by atoms with Crippen LogP contribution in [0.25, 0.3) is 0 Å². The highest BCUT2D eigenvalue weighted by Gasteiger charge is 2.06. The van der Waals surface area contributed by atoms with Crippen LogP contribution in [0.5, 0.6) is 5.75 Å². The highest BCUT2D eigenvalue weighted by molar-refractivity contribution is 9.10. The van der Waals surface area contributed by atoms with E-state index in [4.69, 9.17) is 10.5 Å². The fraction of sp³-hybridized carbons (Fsp3) is 0.250. The number of nitrogens with zero attached hydrogens (tertiary/aromatic N) is 1. The van der Waals surface area contributed by atoms with Crippen molar-refractivity contribution in [2.24, 2.45) is 0 Å². The minimum atomic E-state index is 0.730. The summed E-state index contributed by atoms with van der Waals surface area (Å²) in [5.41, 5.74) is 9.03. The smallest absolute Gasteiger partial charge is 0.121 e. The molecule has 0 heterocycles. The predicted molar refractivity (Wildman–Crippen MR) is 86.7 cm³/mol. The largest absolute Gasteiger partial charge is 0.497 e. The number of ether oxygens (including phenoxy) is 1. The van der Waals surface area contributed by atoms with Gasteiger partial charge in [0.1, 0.15) is 5.75 Å². The molecular formula is C16H19BrN2O. The van der Waals surface area contributed by atoms with E-state index < -0.39 is 0 Å². The van der Waals surface area contributed by atoms with Crippen LogP contribution in [0, 0.1) is 0 Å². The molecular weight excluding hydrogens is 316 g/mol. The highest BCUT2D eigenvalue weighted by Crippen LogP contribution is 2.21. The van der Waals surface area contributed by atoms with E-state index >= 15 is 0 Å². The SMILES string of the molecule is COc1cc(N)cc(CN(C)Cc2ccccc2Br)c1. The molecule has 2 aromatic carbocycles. The standard InChI is InChI=1S/C16H19BrN2O/c1-19(11-13-5-3-4-6-16(13)17)10-12-7-14(18)9-15(8-12)20-2/h3-9H,10-11,18H2,1-2H3. The number of nitrogens with two attached hydrogens (primary N) is 1. The summed E-state index contributed by atoms with van der Waals surface area (Å²) in [6, 6.07) is 14.1. The summed E-state index contributed by atoms with van der Waals surface area (Å²) in [5, 5.41) is 0. The molecule has 0 saturated heterocycles. The van der Waals surface area contributed by atoms with Crippen molar-refractivity contribution >= 4 is 21.6 Å². The zero-order valence-corrected chi connectivity index (χ0v) is 13.4. The molecule has 0 aliphatic heterocycles. The van der Waals surface area contributed by atoms with Crippen molar-refractivity contribution in [3.63, 3.8) is 0 Å². The van der Waals surface area contributed by atoms with Gasteiger partial charge in [-0.05, 0) is 36.4 Å². The highest BCUT2D eigenvalue weighted by atomic mass is 79.9. The second-order valence-corrected chi connectivity index (χ2v) is 5.73. The van der Waals surface area contributed by atoms with E-state index in [1.165, 1.54) is 5.56 Å². The van der Waals surface area contributed by atoms with Crippen molar-refractivity contribution in [2.75, 3.05) is 19.9 Å². The van der Waals surface area contributed by atoms with Crippen LogP contribution in [-0.4, -0.2) is 19.1 Å². The molecule has 3 nitrogen and oxygen atoms in total. The molecule has 0 aromatic heterocycles. The first-order valence-corrected chi connectivity index (χ1v) is 7.23. The van der Waals surface area contributed by atoms with Gasteiger partial charge in [-0.2, -0.15) is 0 Å². The Bertz CT molecular complexity index is 586. The van der Waals surface area contributed by atoms with Crippen molar-refractivity contribution in [3.8, 4) is 5.75 Å². The average molecular weight is 335 g/mol. The first kappa shape index (κ1) is 14.9. The summed E-state index contributed by atoms with van der Waals surface area (Å²) >= 11 is 3.58. The Kier molecular flexibility index (Phi) is 5.04. The maximum absolute atomic E-state index is 5.88. The molecule has 0 amide bonds. The predicted octanol–water partition coefficient (Wildman–Crippen LogP) is 3.67. The van der Waals surface area contributed by atoms with Crippen LogP contribution >= 0.6 is 15.9 Å². The number of methoxy groups -OCH3 is 1. The molecule has 0 radical (unpaired) electrons. The molecule has 2 N–H and O–H groups in total. The van der Waals surface area contributed by atoms with E-state index in [1.807, 2.05) is 24.3 Å². The van der Waals surface area contributed by atoms with Gasteiger partial charge in [-0.3, -0.25) is 4.90 Å².